The van der Waals surface area contributed by atoms with Crippen LogP contribution < -0.4 is 10.6 Å². The maximum absolute atomic E-state index is 3.89. The van der Waals surface area contributed by atoms with Crippen LogP contribution in [0.25, 0.3) is 0 Å². The molecular weight excluding hydrogens is 208 g/mol. The van der Waals surface area contributed by atoms with Crippen LogP contribution in [0.1, 0.15) is 52.9 Å². The largest absolute Gasteiger partial charge is 0.313 e. The molecule has 0 aromatic carbocycles. The highest BCUT2D eigenvalue weighted by Gasteiger charge is 2.60. The van der Waals surface area contributed by atoms with Crippen molar-refractivity contribution in [1.82, 2.24) is 10.6 Å². The van der Waals surface area contributed by atoms with Crippen LogP contribution in [0.15, 0.2) is 0 Å². The summed E-state index contributed by atoms with van der Waals surface area (Å²) in [6.07, 6.45) is 7.03. The van der Waals surface area contributed by atoms with Crippen molar-refractivity contribution < 1.29 is 0 Å². The lowest BCUT2D eigenvalue weighted by Gasteiger charge is -2.40. The molecule has 1 aliphatic heterocycles. The first kappa shape index (κ1) is 12.0. The Hall–Kier alpha value is -0.0800. The number of fused-ring (bicyclic) bond motifs is 2. The van der Waals surface area contributed by atoms with Crippen LogP contribution >= 0.6 is 0 Å². The molecule has 3 unspecified atom stereocenters. The maximum atomic E-state index is 3.89. The Labute approximate surface area is 106 Å². The summed E-state index contributed by atoms with van der Waals surface area (Å²) in [4.78, 5) is 0. The molecular formula is C15H28N2. The Morgan fingerprint density at radius 2 is 2.06 bits per heavy atom. The van der Waals surface area contributed by atoms with Gasteiger partial charge < -0.3 is 10.6 Å². The lowest BCUT2D eigenvalue weighted by atomic mass is 9.69. The van der Waals surface area contributed by atoms with Gasteiger partial charge in [0.1, 0.15) is 0 Å². The summed E-state index contributed by atoms with van der Waals surface area (Å²) in [6, 6.07) is 1.50. The second-order valence-electron chi connectivity index (χ2n) is 7.36. The molecule has 98 valence electrons. The second-order valence-corrected chi connectivity index (χ2v) is 7.36. The van der Waals surface area contributed by atoms with Gasteiger partial charge >= 0.3 is 0 Å². The molecule has 2 bridgehead atoms. The molecule has 3 rings (SSSR count). The second kappa shape index (κ2) is 3.96. The van der Waals surface area contributed by atoms with Crippen molar-refractivity contribution in [3.63, 3.8) is 0 Å². The smallest absolute Gasteiger partial charge is 0.0193 e. The van der Waals surface area contributed by atoms with E-state index in [-0.39, 0.29) is 0 Å². The summed E-state index contributed by atoms with van der Waals surface area (Å²) in [7, 11) is 0. The van der Waals surface area contributed by atoms with Crippen LogP contribution in [-0.4, -0.2) is 25.2 Å². The van der Waals surface area contributed by atoms with Gasteiger partial charge in [0, 0.05) is 18.6 Å². The molecule has 3 fully saturated rings. The van der Waals surface area contributed by atoms with E-state index >= 15 is 0 Å². The van der Waals surface area contributed by atoms with E-state index in [1.807, 2.05) is 0 Å². The summed E-state index contributed by atoms with van der Waals surface area (Å²) >= 11 is 0. The van der Waals surface area contributed by atoms with Crippen molar-refractivity contribution >= 4 is 0 Å². The third-order valence-electron chi connectivity index (χ3n) is 6.57. The van der Waals surface area contributed by atoms with Gasteiger partial charge in [-0.1, -0.05) is 20.8 Å². The quantitative estimate of drug-likeness (QED) is 0.787. The molecule has 2 heteroatoms. The fourth-order valence-corrected chi connectivity index (χ4v) is 4.73. The average Bonchev–Trinajstić information content (AvgIpc) is 2.91. The lowest BCUT2D eigenvalue weighted by Crippen LogP contribution is -2.48. The first-order valence-corrected chi connectivity index (χ1v) is 7.51. The summed E-state index contributed by atoms with van der Waals surface area (Å²) in [6.45, 7) is 9.94. The van der Waals surface area contributed by atoms with Gasteiger partial charge in [0.05, 0.1) is 0 Å². The number of nitrogens with one attached hydrogen (secondary N) is 2. The molecule has 2 aliphatic carbocycles. The van der Waals surface area contributed by atoms with Crippen LogP contribution in [0.2, 0.25) is 0 Å². The first-order chi connectivity index (χ1) is 8.04. The molecule has 0 spiro atoms. The molecule has 0 aromatic heterocycles. The third-order valence-corrected chi connectivity index (χ3v) is 6.57. The van der Waals surface area contributed by atoms with Crippen molar-refractivity contribution in [2.45, 2.75) is 65.0 Å². The van der Waals surface area contributed by atoms with Crippen molar-refractivity contribution in [3.05, 3.63) is 0 Å². The zero-order chi connectivity index (χ0) is 12.1. The van der Waals surface area contributed by atoms with E-state index in [4.69, 9.17) is 0 Å². The Kier molecular flexibility index (Phi) is 2.79. The molecule has 3 aliphatic rings. The molecule has 2 saturated carbocycles. The van der Waals surface area contributed by atoms with E-state index in [9.17, 15) is 0 Å². The zero-order valence-electron chi connectivity index (χ0n) is 11.7. The van der Waals surface area contributed by atoms with Gasteiger partial charge in [0.25, 0.3) is 0 Å². The van der Waals surface area contributed by atoms with E-state index in [2.05, 4.69) is 31.4 Å². The van der Waals surface area contributed by atoms with Crippen LogP contribution in [0.4, 0.5) is 0 Å². The molecule has 0 aromatic rings. The number of hydrogen-bond donors (Lipinski definition) is 2. The van der Waals surface area contributed by atoms with Crippen molar-refractivity contribution in [2.24, 2.45) is 16.7 Å². The summed E-state index contributed by atoms with van der Waals surface area (Å²) in [5.41, 5.74) is 1.09. The highest BCUT2D eigenvalue weighted by atomic mass is 15.0. The molecule has 4 atom stereocenters. The van der Waals surface area contributed by atoms with Crippen molar-refractivity contribution in [2.75, 3.05) is 13.1 Å². The third kappa shape index (κ3) is 1.67. The topological polar surface area (TPSA) is 24.1 Å². The number of rotatable bonds is 3. The Balaban J connectivity index is 1.62. The van der Waals surface area contributed by atoms with E-state index in [1.165, 1.54) is 45.2 Å². The minimum absolute atomic E-state index is 0.538. The highest BCUT2D eigenvalue weighted by molar-refractivity contribution is 5.13. The Bertz CT molecular complexity index is 293. The molecule has 2 N–H and O–H groups in total. The van der Waals surface area contributed by atoms with E-state index < -0.39 is 0 Å². The van der Waals surface area contributed by atoms with Gasteiger partial charge in [0.2, 0.25) is 0 Å². The predicted octanol–water partition coefficient (Wildman–Crippen LogP) is 2.54. The van der Waals surface area contributed by atoms with Crippen molar-refractivity contribution in [3.8, 4) is 0 Å². The molecule has 0 amide bonds. The number of hydrogen-bond acceptors (Lipinski definition) is 2. The fraction of sp³-hybridized carbons (Fsp3) is 1.00. The van der Waals surface area contributed by atoms with Gasteiger partial charge in [-0.25, -0.2) is 0 Å². The van der Waals surface area contributed by atoms with Crippen LogP contribution in [0.5, 0.6) is 0 Å². The summed E-state index contributed by atoms with van der Waals surface area (Å²) in [5, 5.41) is 7.48. The standard InChI is InChI=1S/C15H28N2/c1-14(2)11-6-7-15(14,3)13(9-11)17-10-12-5-4-8-16-12/h11-13,16-17H,4-10H2,1-3H3/t11?,12-,13?,15?/m0/s1. The van der Waals surface area contributed by atoms with Crippen LogP contribution in [0, 0.1) is 16.7 Å². The average molecular weight is 236 g/mol. The monoisotopic (exact) mass is 236 g/mol. The minimum Gasteiger partial charge on any atom is -0.313 e. The maximum Gasteiger partial charge on any atom is 0.0193 e. The van der Waals surface area contributed by atoms with Crippen LogP contribution in [0.3, 0.4) is 0 Å². The fourth-order valence-electron chi connectivity index (χ4n) is 4.73. The molecule has 0 radical (unpaired) electrons. The summed E-state index contributed by atoms with van der Waals surface area (Å²) < 4.78 is 0. The molecule has 1 heterocycles. The van der Waals surface area contributed by atoms with Crippen molar-refractivity contribution in [1.29, 1.82) is 0 Å². The zero-order valence-corrected chi connectivity index (χ0v) is 11.7. The van der Waals surface area contributed by atoms with E-state index in [1.54, 1.807) is 0 Å². The van der Waals surface area contributed by atoms with Gasteiger partial charge in [-0.05, 0) is 55.4 Å². The SMILES string of the molecule is CC1(C)C2CCC1(C)C(NC[C@@H]1CCCN1)C2. The Morgan fingerprint density at radius 1 is 1.24 bits per heavy atom. The van der Waals surface area contributed by atoms with Gasteiger partial charge in [-0.15, -0.1) is 0 Å². The minimum atomic E-state index is 0.538. The Morgan fingerprint density at radius 3 is 2.59 bits per heavy atom. The van der Waals surface area contributed by atoms with E-state index in [0.717, 1.165) is 18.0 Å². The molecule has 17 heavy (non-hydrogen) atoms. The molecule has 1 saturated heterocycles. The molecule has 2 nitrogen and oxygen atoms in total. The van der Waals surface area contributed by atoms with Crippen LogP contribution in [-0.2, 0) is 0 Å². The van der Waals surface area contributed by atoms with Gasteiger partial charge in [0.15, 0.2) is 0 Å². The van der Waals surface area contributed by atoms with Gasteiger partial charge in [-0.2, -0.15) is 0 Å². The lowest BCUT2D eigenvalue weighted by molar-refractivity contribution is 0.120. The highest BCUT2D eigenvalue weighted by Crippen LogP contribution is 2.65. The predicted molar refractivity (Wildman–Crippen MR) is 72.0 cm³/mol. The van der Waals surface area contributed by atoms with E-state index in [0.29, 0.717) is 10.8 Å². The first-order valence-electron chi connectivity index (χ1n) is 7.51. The van der Waals surface area contributed by atoms with Gasteiger partial charge in [-0.3, -0.25) is 0 Å². The normalized spacial score (nSPS) is 47.8. The summed E-state index contributed by atoms with van der Waals surface area (Å²) in [5.74, 6) is 0.960.